The maximum atomic E-state index is 2.66. The fourth-order valence-corrected chi connectivity index (χ4v) is 19.0. The van der Waals surface area contributed by atoms with Crippen molar-refractivity contribution < 1.29 is 0 Å². The second-order valence-electron chi connectivity index (χ2n) is 35.6. The van der Waals surface area contributed by atoms with Crippen LogP contribution < -0.4 is 0 Å². The molecule has 0 saturated carbocycles. The number of benzene rings is 20. The van der Waals surface area contributed by atoms with Crippen molar-refractivity contribution >= 4 is 162 Å². The van der Waals surface area contributed by atoms with Gasteiger partial charge in [-0.2, -0.15) is 0 Å². The Morgan fingerprint density at radius 3 is 0.340 bits per heavy atom. The predicted octanol–water partition coefficient (Wildman–Crippen LogP) is 29.3. The standard InChI is InChI=1S/C100H80/c1-96(2,3)61-36-51-16-26-66-76-46-77(67-27-17-52(37-61)86(51)91(66)67)79-48-81(71-31-21-56-41-63(98(7,8)9)39-54-19-29-69(79)93(71)88(54)56)83-50-85(75-35-25-60-45-65(100(13,14)15)43-58-23-33-73(83)95(75)90(58)60)84-49-82(72-32-22-57-42-64(99(10,11)12)44-59-24-34-74(84)94(72)89(57)59)80-47-78(76)68-28-18-53-38-62(97(4,5)6)40-55-20-30-70(80)92(68)87(53)55/h16-50H,1-15H3. The molecule has 0 amide bonds. The molecule has 100 heavy (non-hydrogen) atoms. The summed E-state index contributed by atoms with van der Waals surface area (Å²) in [6, 6.07) is 87.7. The summed E-state index contributed by atoms with van der Waals surface area (Å²) >= 11 is 0. The SMILES string of the molecule is CC(C)(C)c1cc2ccc3c4cc(c5ccc(c1)c2c35)-c1cc(c2ccc3cc(C(C)(C)C)cc5ccc1c2c53)-c1cc(c2ccc3cc(C(C)(C)C)cc5ccc1c2c53)-c1cc(c2ccc3cc(C(C)(C)C)cc5ccc1c2c35)-c1cc-4c2ccc3cc(C(C)(C)C)cc4ccc1c2c34. The molecule has 0 heterocycles. The van der Waals surface area contributed by atoms with E-state index in [9.17, 15) is 0 Å². The highest BCUT2D eigenvalue weighted by Crippen LogP contribution is 2.57. The molecule has 0 heteroatoms. The molecule has 20 aromatic rings. The van der Waals surface area contributed by atoms with Crippen LogP contribution in [-0.2, 0) is 27.1 Å². The van der Waals surface area contributed by atoms with E-state index >= 15 is 0 Å². The molecule has 21 rings (SSSR count). The van der Waals surface area contributed by atoms with E-state index in [0.29, 0.717) is 0 Å². The number of fused-ring (bicyclic) bond motifs is 5. The van der Waals surface area contributed by atoms with Crippen molar-refractivity contribution in [2.75, 3.05) is 0 Å². The Bertz CT molecular complexity index is 5710. The third-order valence-electron chi connectivity index (χ3n) is 24.4. The highest BCUT2D eigenvalue weighted by molar-refractivity contribution is 6.39. The van der Waals surface area contributed by atoms with Crippen LogP contribution in [0.3, 0.4) is 0 Å². The van der Waals surface area contributed by atoms with Gasteiger partial charge in [0.2, 0.25) is 0 Å². The van der Waals surface area contributed by atoms with Gasteiger partial charge in [-0.1, -0.05) is 286 Å². The predicted molar refractivity (Wildman–Crippen MR) is 439 cm³/mol. The molecule has 0 aromatic heterocycles. The zero-order valence-electron chi connectivity index (χ0n) is 60.2. The van der Waals surface area contributed by atoms with Crippen LogP contribution in [0.15, 0.2) is 212 Å². The van der Waals surface area contributed by atoms with E-state index in [1.807, 2.05) is 0 Å². The van der Waals surface area contributed by atoms with Gasteiger partial charge < -0.3 is 0 Å². The zero-order chi connectivity index (χ0) is 68.2. The molecule has 0 atom stereocenters. The molecule has 0 spiro atoms. The minimum atomic E-state index is -0.0390. The highest BCUT2D eigenvalue weighted by atomic mass is 14.3. The third kappa shape index (κ3) is 7.83. The van der Waals surface area contributed by atoms with E-state index in [-0.39, 0.29) is 27.1 Å². The van der Waals surface area contributed by atoms with E-state index in [1.54, 1.807) is 0 Å². The van der Waals surface area contributed by atoms with Crippen molar-refractivity contribution in [2.24, 2.45) is 0 Å². The quantitative estimate of drug-likeness (QED) is 0.133. The number of hydrogen-bond acceptors (Lipinski definition) is 0. The van der Waals surface area contributed by atoms with Crippen LogP contribution in [0.2, 0.25) is 0 Å². The largest absolute Gasteiger partial charge is 0.0561 e. The molecule has 0 N–H and O–H groups in total. The Morgan fingerprint density at radius 2 is 0.240 bits per heavy atom. The van der Waals surface area contributed by atoms with E-state index in [4.69, 9.17) is 0 Å². The molecule has 1 aliphatic rings. The minimum Gasteiger partial charge on any atom is -0.0561 e. The summed E-state index contributed by atoms with van der Waals surface area (Å²) in [7, 11) is 0. The summed E-state index contributed by atoms with van der Waals surface area (Å²) in [4.78, 5) is 0. The molecule has 0 unspecified atom stereocenters. The van der Waals surface area contributed by atoms with Crippen LogP contribution in [0.25, 0.3) is 217 Å². The Hall–Kier alpha value is -10.4. The van der Waals surface area contributed by atoms with Crippen LogP contribution in [0, 0.1) is 0 Å². The van der Waals surface area contributed by atoms with Gasteiger partial charge in [-0.25, -0.2) is 0 Å². The lowest BCUT2D eigenvalue weighted by atomic mass is 9.78. The van der Waals surface area contributed by atoms with Crippen LogP contribution >= 0.6 is 0 Å². The van der Waals surface area contributed by atoms with Gasteiger partial charge in [-0.3, -0.25) is 0 Å². The first kappa shape index (κ1) is 58.6. The maximum absolute atomic E-state index is 2.66. The zero-order valence-corrected chi connectivity index (χ0v) is 60.2. The van der Waals surface area contributed by atoms with E-state index < -0.39 is 0 Å². The normalized spacial score (nSPS) is 13.8. The van der Waals surface area contributed by atoms with Crippen molar-refractivity contribution in [1.82, 2.24) is 0 Å². The second-order valence-corrected chi connectivity index (χ2v) is 35.6. The molecule has 0 saturated heterocycles. The molecule has 480 valence electrons. The Labute approximate surface area is 584 Å². The third-order valence-corrected chi connectivity index (χ3v) is 24.4. The average Bonchev–Trinajstić information content (AvgIpc) is 0.886. The maximum Gasteiger partial charge on any atom is -0.00143 e. The van der Waals surface area contributed by atoms with Gasteiger partial charge in [0.05, 0.1) is 0 Å². The molecule has 20 aromatic carbocycles. The van der Waals surface area contributed by atoms with Gasteiger partial charge in [0, 0.05) is 0 Å². The summed E-state index contributed by atoms with van der Waals surface area (Å²) in [6.07, 6.45) is 0. The summed E-state index contributed by atoms with van der Waals surface area (Å²) in [5.41, 5.74) is 19.2. The fraction of sp³-hybridized carbons (Fsp3) is 0.200. The first-order valence-electron chi connectivity index (χ1n) is 36.5. The van der Waals surface area contributed by atoms with Crippen molar-refractivity contribution in [3.05, 3.63) is 240 Å². The first-order chi connectivity index (χ1) is 47.7. The molecule has 0 fully saturated rings. The summed E-state index contributed by atoms with van der Waals surface area (Å²) in [6.45, 7) is 35.4. The van der Waals surface area contributed by atoms with Crippen molar-refractivity contribution in [2.45, 2.75) is 131 Å². The van der Waals surface area contributed by atoms with Gasteiger partial charge in [0.15, 0.2) is 0 Å². The van der Waals surface area contributed by atoms with Crippen molar-refractivity contribution in [1.29, 1.82) is 0 Å². The minimum absolute atomic E-state index is 0.0390. The van der Waals surface area contributed by atoms with Crippen LogP contribution in [0.4, 0.5) is 0 Å². The Balaban J connectivity index is 1.04. The lowest BCUT2D eigenvalue weighted by Gasteiger charge is -2.25. The number of hydrogen-bond donors (Lipinski definition) is 0. The fourth-order valence-electron chi connectivity index (χ4n) is 19.0. The van der Waals surface area contributed by atoms with Crippen LogP contribution in [0.1, 0.15) is 132 Å². The Kier molecular flexibility index (Phi) is 11.1. The van der Waals surface area contributed by atoms with Gasteiger partial charge in [-0.05, 0) is 302 Å². The monoisotopic (exact) mass is 1280 g/mol. The summed E-state index contributed by atoms with van der Waals surface area (Å²) < 4.78 is 0. The summed E-state index contributed by atoms with van der Waals surface area (Å²) in [5, 5.41) is 39.0. The summed E-state index contributed by atoms with van der Waals surface area (Å²) in [5.74, 6) is 0. The van der Waals surface area contributed by atoms with Gasteiger partial charge in [0.1, 0.15) is 0 Å². The highest BCUT2D eigenvalue weighted by Gasteiger charge is 2.31. The first-order valence-corrected chi connectivity index (χ1v) is 36.5. The van der Waals surface area contributed by atoms with E-state index in [2.05, 4.69) is 316 Å². The lowest BCUT2D eigenvalue weighted by Crippen LogP contribution is -2.11. The molecule has 0 nitrogen and oxygen atoms in total. The van der Waals surface area contributed by atoms with Crippen molar-refractivity contribution in [3.8, 4) is 55.6 Å². The topological polar surface area (TPSA) is 0 Å². The molecule has 0 radical (unpaired) electrons. The molecule has 1 aliphatic carbocycles. The van der Waals surface area contributed by atoms with Crippen molar-refractivity contribution in [3.63, 3.8) is 0 Å². The van der Waals surface area contributed by atoms with Crippen LogP contribution in [0.5, 0.6) is 0 Å². The van der Waals surface area contributed by atoms with Gasteiger partial charge >= 0.3 is 0 Å². The van der Waals surface area contributed by atoms with Crippen LogP contribution in [-0.4, -0.2) is 0 Å². The number of rotatable bonds is 0. The lowest BCUT2D eigenvalue weighted by molar-refractivity contribution is 0.591. The van der Waals surface area contributed by atoms with Gasteiger partial charge in [-0.15, -0.1) is 0 Å². The molecular weight excluding hydrogens is 1200 g/mol. The second kappa shape index (κ2) is 18.9. The Morgan fingerprint density at radius 1 is 0.130 bits per heavy atom. The smallest absolute Gasteiger partial charge is 0.00143 e. The van der Waals surface area contributed by atoms with E-state index in [0.717, 1.165) is 0 Å². The molecular formula is C100H80. The van der Waals surface area contributed by atoms with Gasteiger partial charge in [0.25, 0.3) is 0 Å². The average molecular weight is 1280 g/mol. The molecule has 10 bridgehead atoms. The molecule has 0 aliphatic heterocycles. The van der Waals surface area contributed by atoms with E-state index in [1.165, 1.54) is 245 Å².